The van der Waals surface area contributed by atoms with Gasteiger partial charge in [-0.05, 0) is 43.0 Å². The Balaban J connectivity index is 2.07. The normalized spacial score (nSPS) is 15.0. The van der Waals surface area contributed by atoms with Gasteiger partial charge in [-0.15, -0.1) is 0 Å². The summed E-state index contributed by atoms with van der Waals surface area (Å²) in [5, 5.41) is 0.879. The topological polar surface area (TPSA) is 61.2 Å². The van der Waals surface area contributed by atoms with Crippen LogP contribution in [-0.4, -0.2) is 15.5 Å². The molecule has 0 N–H and O–H groups in total. The van der Waals surface area contributed by atoms with Crippen LogP contribution in [-0.2, 0) is 4.79 Å². The number of hydrogen-bond donors (Lipinski definition) is 0. The number of carbonyl (C=O) groups excluding carboxylic acids is 1. The average Bonchev–Trinajstić information content (AvgIpc) is 2.70. The molecule has 4 rings (SSSR count). The number of aromatic nitrogens is 2. The van der Waals surface area contributed by atoms with Gasteiger partial charge < -0.3 is 4.74 Å². The fraction of sp³-hybridized carbons (Fsp3) is 0.318. The second kappa shape index (κ2) is 7.35. The minimum Gasteiger partial charge on any atom is -0.420 e. The maximum absolute atomic E-state index is 13.4. The van der Waals surface area contributed by atoms with Crippen molar-refractivity contribution in [3.63, 3.8) is 0 Å². The van der Waals surface area contributed by atoms with Crippen LogP contribution in [0.3, 0.4) is 0 Å². The van der Waals surface area contributed by atoms with Gasteiger partial charge >= 0.3 is 5.97 Å². The Morgan fingerprint density at radius 3 is 2.52 bits per heavy atom. The van der Waals surface area contributed by atoms with Crippen LogP contribution >= 0.6 is 0 Å². The van der Waals surface area contributed by atoms with E-state index in [0.717, 1.165) is 36.6 Å². The minimum absolute atomic E-state index is 0.152. The van der Waals surface area contributed by atoms with Crippen LogP contribution in [0.15, 0.2) is 53.5 Å². The van der Waals surface area contributed by atoms with Gasteiger partial charge in [0.25, 0.3) is 5.56 Å². The molecule has 27 heavy (non-hydrogen) atoms. The van der Waals surface area contributed by atoms with E-state index in [4.69, 9.17) is 4.74 Å². The van der Waals surface area contributed by atoms with E-state index in [1.165, 1.54) is 13.3 Å². The Hall–Kier alpha value is -2.95. The average molecular weight is 362 g/mol. The first kappa shape index (κ1) is 17.5. The summed E-state index contributed by atoms with van der Waals surface area (Å²) in [6.07, 6.45) is 7.12. The molecular formula is C22H22N2O3. The predicted octanol–water partition coefficient (Wildman–Crippen LogP) is 4.36. The summed E-state index contributed by atoms with van der Waals surface area (Å²) >= 11 is 0. The number of fused-ring (bicyclic) bond motifs is 1. The highest BCUT2D eigenvalue weighted by Crippen LogP contribution is 2.40. The Morgan fingerprint density at radius 2 is 1.81 bits per heavy atom. The van der Waals surface area contributed by atoms with Gasteiger partial charge in [-0.25, -0.2) is 4.98 Å². The van der Waals surface area contributed by atoms with Crippen LogP contribution in [0.1, 0.15) is 50.5 Å². The molecule has 0 radical (unpaired) electrons. The Morgan fingerprint density at radius 1 is 1.07 bits per heavy atom. The van der Waals surface area contributed by atoms with Crippen molar-refractivity contribution in [1.29, 1.82) is 0 Å². The van der Waals surface area contributed by atoms with Gasteiger partial charge in [0.1, 0.15) is 5.65 Å². The second-order valence-electron chi connectivity index (χ2n) is 7.02. The van der Waals surface area contributed by atoms with E-state index in [9.17, 15) is 9.59 Å². The van der Waals surface area contributed by atoms with E-state index >= 15 is 0 Å². The molecule has 0 atom stereocenters. The van der Waals surface area contributed by atoms with Crippen LogP contribution in [0.25, 0.3) is 16.7 Å². The lowest BCUT2D eigenvalue weighted by Crippen LogP contribution is -2.26. The van der Waals surface area contributed by atoms with Crippen LogP contribution in [0.4, 0.5) is 0 Å². The molecule has 1 aliphatic rings. The van der Waals surface area contributed by atoms with Gasteiger partial charge in [-0.3, -0.25) is 14.2 Å². The highest BCUT2D eigenvalue weighted by Gasteiger charge is 2.27. The molecule has 3 aromatic rings. The standard InChI is InChI=1S/C22H22N2O3/c1-15(25)27-20-19(16-9-4-2-5-10-16)18-13-8-14-23-21(18)24(22(20)26)17-11-6-3-7-12-17/h3,6-8,11-14,16H,2,4-5,9-10H2,1H3. The first-order chi connectivity index (χ1) is 13.2. The lowest BCUT2D eigenvalue weighted by Gasteiger charge is -2.26. The van der Waals surface area contributed by atoms with Crippen molar-refractivity contribution in [2.75, 3.05) is 0 Å². The lowest BCUT2D eigenvalue weighted by atomic mass is 9.82. The third-order valence-electron chi connectivity index (χ3n) is 5.20. The summed E-state index contributed by atoms with van der Waals surface area (Å²) in [7, 11) is 0. The fourth-order valence-corrected chi connectivity index (χ4v) is 4.08. The molecule has 0 aliphatic heterocycles. The van der Waals surface area contributed by atoms with Crippen LogP contribution in [0.2, 0.25) is 0 Å². The minimum atomic E-state index is -0.480. The van der Waals surface area contributed by atoms with E-state index in [2.05, 4.69) is 4.98 Å². The quantitative estimate of drug-likeness (QED) is 0.650. The summed E-state index contributed by atoms with van der Waals surface area (Å²) in [5.41, 5.74) is 1.81. The molecule has 138 valence electrons. The van der Waals surface area contributed by atoms with Crippen molar-refractivity contribution < 1.29 is 9.53 Å². The molecule has 1 aliphatic carbocycles. The van der Waals surface area contributed by atoms with Gasteiger partial charge in [0.2, 0.25) is 5.75 Å². The Kier molecular flexibility index (Phi) is 4.75. The van der Waals surface area contributed by atoms with E-state index in [1.807, 2.05) is 42.5 Å². The molecule has 5 nitrogen and oxygen atoms in total. The highest BCUT2D eigenvalue weighted by atomic mass is 16.5. The molecule has 0 bridgehead atoms. The molecule has 0 saturated heterocycles. The highest BCUT2D eigenvalue weighted by molar-refractivity contribution is 5.85. The summed E-state index contributed by atoms with van der Waals surface area (Å²) in [6, 6.07) is 13.2. The molecule has 0 spiro atoms. The number of para-hydroxylation sites is 1. The van der Waals surface area contributed by atoms with Gasteiger partial charge in [0.05, 0.1) is 5.69 Å². The van der Waals surface area contributed by atoms with E-state index < -0.39 is 5.97 Å². The number of rotatable bonds is 3. The molecule has 1 saturated carbocycles. The monoisotopic (exact) mass is 362 g/mol. The molecule has 1 aromatic carbocycles. The number of hydrogen-bond acceptors (Lipinski definition) is 4. The number of pyridine rings is 2. The number of esters is 1. The zero-order chi connectivity index (χ0) is 18.8. The van der Waals surface area contributed by atoms with Gasteiger partial charge in [0.15, 0.2) is 0 Å². The second-order valence-corrected chi connectivity index (χ2v) is 7.02. The SMILES string of the molecule is CC(=O)Oc1c(C2CCCCC2)c2cccnc2n(-c2ccccc2)c1=O. The smallest absolute Gasteiger partial charge is 0.308 e. The third-order valence-corrected chi connectivity index (χ3v) is 5.20. The van der Waals surface area contributed by atoms with Crippen molar-refractivity contribution >= 4 is 17.0 Å². The van der Waals surface area contributed by atoms with Crippen molar-refractivity contribution in [2.45, 2.75) is 44.9 Å². The van der Waals surface area contributed by atoms with Crippen molar-refractivity contribution in [3.05, 3.63) is 64.6 Å². The fourth-order valence-electron chi connectivity index (χ4n) is 4.08. The van der Waals surface area contributed by atoms with Crippen molar-refractivity contribution in [3.8, 4) is 11.4 Å². The van der Waals surface area contributed by atoms with Gasteiger partial charge in [0, 0.05) is 24.1 Å². The first-order valence-electron chi connectivity index (χ1n) is 9.44. The molecule has 2 heterocycles. The van der Waals surface area contributed by atoms with Crippen LogP contribution in [0, 0.1) is 0 Å². The van der Waals surface area contributed by atoms with Gasteiger partial charge in [-0.1, -0.05) is 37.5 Å². The molecule has 5 heteroatoms. The summed E-state index contributed by atoms with van der Waals surface area (Å²) < 4.78 is 7.04. The molecule has 2 aromatic heterocycles. The maximum atomic E-state index is 13.4. The van der Waals surface area contributed by atoms with E-state index in [0.29, 0.717) is 11.3 Å². The molecule has 0 amide bonds. The lowest BCUT2D eigenvalue weighted by molar-refractivity contribution is -0.132. The largest absolute Gasteiger partial charge is 0.420 e. The van der Waals surface area contributed by atoms with Crippen molar-refractivity contribution in [1.82, 2.24) is 9.55 Å². The molecule has 1 fully saturated rings. The predicted molar refractivity (Wildman–Crippen MR) is 104 cm³/mol. The third kappa shape index (κ3) is 3.25. The number of nitrogens with zero attached hydrogens (tertiary/aromatic N) is 2. The van der Waals surface area contributed by atoms with Gasteiger partial charge in [-0.2, -0.15) is 0 Å². The zero-order valence-electron chi connectivity index (χ0n) is 15.4. The summed E-state index contributed by atoms with van der Waals surface area (Å²) in [6.45, 7) is 1.34. The number of benzene rings is 1. The maximum Gasteiger partial charge on any atom is 0.308 e. The zero-order valence-corrected chi connectivity index (χ0v) is 15.4. The van der Waals surface area contributed by atoms with E-state index in [1.54, 1.807) is 10.8 Å². The molecular weight excluding hydrogens is 340 g/mol. The first-order valence-corrected chi connectivity index (χ1v) is 9.44. The number of carbonyl (C=O) groups is 1. The van der Waals surface area contributed by atoms with Crippen LogP contribution in [0.5, 0.6) is 5.75 Å². The van der Waals surface area contributed by atoms with Crippen LogP contribution < -0.4 is 10.3 Å². The summed E-state index contributed by atoms with van der Waals surface area (Å²) in [4.78, 5) is 29.7. The van der Waals surface area contributed by atoms with E-state index in [-0.39, 0.29) is 17.2 Å². The summed E-state index contributed by atoms with van der Waals surface area (Å²) in [5.74, 6) is -0.122. The van der Waals surface area contributed by atoms with Crippen molar-refractivity contribution in [2.24, 2.45) is 0 Å². The Labute approximate surface area is 157 Å². The number of ether oxygens (including phenoxy) is 1. The Bertz CT molecular complexity index is 1030. The molecule has 0 unspecified atom stereocenters.